The van der Waals surface area contributed by atoms with Crippen molar-refractivity contribution in [1.29, 1.82) is 0 Å². The van der Waals surface area contributed by atoms with Crippen LogP contribution in [0.15, 0.2) is 0 Å². The average molecular weight is 105 g/mol. The van der Waals surface area contributed by atoms with Gasteiger partial charge in [0.05, 0.1) is 0 Å². The molecule has 0 unspecified atom stereocenters. The molecule has 0 saturated carbocycles. The van der Waals surface area contributed by atoms with Gasteiger partial charge in [-0.05, 0) is 0 Å². The van der Waals surface area contributed by atoms with Crippen LogP contribution in [-0.2, 0) is 0 Å². The first-order valence-corrected chi connectivity index (χ1v) is 0. The van der Waals surface area contributed by atoms with Gasteiger partial charge < -0.3 is 17.9 Å². The Bertz CT molecular complexity index is 8.00. The van der Waals surface area contributed by atoms with Gasteiger partial charge in [-0.25, -0.2) is 0 Å². The molecule has 0 rings (SSSR count). The monoisotopic (exact) mass is 104 g/mol. The summed E-state index contributed by atoms with van der Waals surface area (Å²) in [5.74, 6) is 0. The van der Waals surface area contributed by atoms with Gasteiger partial charge in [0.15, 0.2) is 0 Å². The molecule has 0 heterocycles. The molecule has 0 aromatic carbocycles. The van der Waals surface area contributed by atoms with Crippen molar-refractivity contribution < 1.29 is 17.9 Å². The molecule has 0 aromatic heterocycles. The van der Waals surface area contributed by atoms with E-state index in [4.69, 9.17) is 0 Å². The van der Waals surface area contributed by atoms with Crippen LogP contribution < -0.4 is 12.4 Å². The van der Waals surface area contributed by atoms with Gasteiger partial charge in [0.1, 0.15) is 0 Å². The van der Waals surface area contributed by atoms with Crippen LogP contribution in [0.4, 0.5) is 0 Å². The SMILES string of the molecule is O.[Al].[Cl-].[Mg+2]. The number of halogens is 1. The van der Waals surface area contributed by atoms with Gasteiger partial charge in [-0.2, -0.15) is 0 Å². The molecule has 4 heavy (non-hydrogen) atoms. The first-order valence-electron chi connectivity index (χ1n) is 0. The second kappa shape index (κ2) is 23.9. The van der Waals surface area contributed by atoms with Crippen molar-refractivity contribution in [3.63, 3.8) is 0 Å². The third kappa shape index (κ3) is 9.61. The minimum atomic E-state index is 0. The normalized spacial score (nSPS) is 0. The molecule has 0 aliphatic heterocycles. The first kappa shape index (κ1) is 47.9. The van der Waals surface area contributed by atoms with E-state index in [1.807, 2.05) is 0 Å². The molecule has 0 bridgehead atoms. The minimum absolute atomic E-state index is 0. The third-order valence-corrected chi connectivity index (χ3v) is 0. The van der Waals surface area contributed by atoms with Crippen molar-refractivity contribution in [3.05, 3.63) is 0 Å². The summed E-state index contributed by atoms with van der Waals surface area (Å²) in [5.41, 5.74) is 0. The fourth-order valence-electron chi connectivity index (χ4n) is 0. The second-order valence-corrected chi connectivity index (χ2v) is 0. The zero-order valence-corrected chi connectivity index (χ0v) is 5.49. The Morgan fingerprint density at radius 2 is 1.00 bits per heavy atom. The minimum Gasteiger partial charge on any atom is -1.00 e. The van der Waals surface area contributed by atoms with Crippen molar-refractivity contribution >= 4 is 40.4 Å². The molecule has 2 N–H and O–H groups in total. The molecule has 0 aliphatic rings. The summed E-state index contributed by atoms with van der Waals surface area (Å²) in [6.45, 7) is 0. The maximum atomic E-state index is 0. The zero-order valence-electron chi connectivity index (χ0n) is 2.16. The number of hydrogen-bond acceptors (Lipinski definition) is 0. The summed E-state index contributed by atoms with van der Waals surface area (Å²) in [6, 6.07) is 0. The Balaban J connectivity index is 0. The van der Waals surface area contributed by atoms with Crippen LogP contribution in [0, 0.1) is 0 Å². The molecule has 3 radical (unpaired) electrons. The average Bonchev–Trinajstić information content (AvgIpc) is 0. The molecule has 19 valence electrons. The Hall–Kier alpha value is 1.55. The fourth-order valence-corrected chi connectivity index (χ4v) is 0. The van der Waals surface area contributed by atoms with Crippen LogP contribution in [0.2, 0.25) is 0 Å². The Labute approximate surface area is 58.1 Å². The molecule has 1 nitrogen and oxygen atoms in total. The van der Waals surface area contributed by atoms with E-state index in [1.165, 1.54) is 0 Å². The van der Waals surface area contributed by atoms with Crippen LogP contribution in [0.1, 0.15) is 0 Å². The van der Waals surface area contributed by atoms with E-state index in [9.17, 15) is 0 Å². The van der Waals surface area contributed by atoms with Gasteiger partial charge in [0.25, 0.3) is 0 Å². The van der Waals surface area contributed by atoms with E-state index in [-0.39, 0.29) is 58.3 Å². The maximum absolute atomic E-state index is 0. The van der Waals surface area contributed by atoms with Gasteiger partial charge in [0.2, 0.25) is 0 Å². The molecule has 0 aromatic rings. The Kier molecular flexibility index (Phi) is 286. The first-order chi connectivity index (χ1) is 0. The smallest absolute Gasteiger partial charge is 1.00 e. The topological polar surface area (TPSA) is 31.5 Å². The maximum Gasteiger partial charge on any atom is 2.00 e. The van der Waals surface area contributed by atoms with Crippen LogP contribution in [0.5, 0.6) is 0 Å². The molecule has 4 heteroatoms. The second-order valence-electron chi connectivity index (χ2n) is 0. The van der Waals surface area contributed by atoms with Crippen LogP contribution >= 0.6 is 0 Å². The van der Waals surface area contributed by atoms with Crippen LogP contribution in [0.3, 0.4) is 0 Å². The van der Waals surface area contributed by atoms with E-state index < -0.39 is 0 Å². The summed E-state index contributed by atoms with van der Waals surface area (Å²) in [6.07, 6.45) is 0. The summed E-state index contributed by atoms with van der Waals surface area (Å²) < 4.78 is 0. The van der Waals surface area contributed by atoms with Crippen molar-refractivity contribution in [3.8, 4) is 0 Å². The van der Waals surface area contributed by atoms with Gasteiger partial charge in [-0.15, -0.1) is 0 Å². The van der Waals surface area contributed by atoms with Gasteiger partial charge in [-0.3, -0.25) is 0 Å². The van der Waals surface area contributed by atoms with E-state index >= 15 is 0 Å². The Morgan fingerprint density at radius 1 is 1.00 bits per heavy atom. The summed E-state index contributed by atoms with van der Waals surface area (Å²) in [5, 5.41) is 0. The fraction of sp³-hybridized carbons (Fsp3) is 0. The van der Waals surface area contributed by atoms with E-state index in [2.05, 4.69) is 0 Å². The van der Waals surface area contributed by atoms with Crippen molar-refractivity contribution in [1.82, 2.24) is 0 Å². The van der Waals surface area contributed by atoms with Crippen LogP contribution in [-0.4, -0.2) is 45.9 Å². The van der Waals surface area contributed by atoms with Crippen molar-refractivity contribution in [2.24, 2.45) is 0 Å². The molecule has 0 fully saturated rings. The molecule has 0 saturated heterocycles. The molecular formula is H2AlClMgO+. The number of hydrogen-bond donors (Lipinski definition) is 0. The third-order valence-electron chi connectivity index (χ3n) is 0. The largest absolute Gasteiger partial charge is 2.00 e. The van der Waals surface area contributed by atoms with Gasteiger partial charge >= 0.3 is 23.1 Å². The van der Waals surface area contributed by atoms with Gasteiger partial charge in [-0.1, -0.05) is 0 Å². The Morgan fingerprint density at radius 3 is 1.00 bits per heavy atom. The quantitative estimate of drug-likeness (QED) is 0.277. The number of rotatable bonds is 0. The molecule has 0 amide bonds. The standard InChI is InChI=1S/Al.ClH.Mg.H2O/h;1H;;1H2/q;;+2;/p-1. The summed E-state index contributed by atoms with van der Waals surface area (Å²) >= 11 is 0. The van der Waals surface area contributed by atoms with E-state index in [0.717, 1.165) is 0 Å². The van der Waals surface area contributed by atoms with E-state index in [1.54, 1.807) is 0 Å². The van der Waals surface area contributed by atoms with Gasteiger partial charge in [0, 0.05) is 17.4 Å². The molecule has 0 spiro atoms. The molecule has 0 atom stereocenters. The predicted octanol–water partition coefficient (Wildman–Crippen LogP) is -4.58. The molecule has 0 aliphatic carbocycles. The van der Waals surface area contributed by atoms with Crippen molar-refractivity contribution in [2.45, 2.75) is 0 Å². The summed E-state index contributed by atoms with van der Waals surface area (Å²) in [4.78, 5) is 0. The van der Waals surface area contributed by atoms with Crippen molar-refractivity contribution in [2.75, 3.05) is 0 Å². The van der Waals surface area contributed by atoms with E-state index in [0.29, 0.717) is 0 Å². The molecular weight excluding hydrogens is 103 g/mol. The predicted molar refractivity (Wildman–Crippen MR) is 15.1 cm³/mol. The van der Waals surface area contributed by atoms with Crippen LogP contribution in [0.25, 0.3) is 0 Å². The zero-order chi connectivity index (χ0) is 0. The summed E-state index contributed by atoms with van der Waals surface area (Å²) in [7, 11) is 0.